The third-order valence-electron chi connectivity index (χ3n) is 5.40. The molecule has 0 spiro atoms. The molecule has 0 aromatic heterocycles. The number of β-amino-alcohol motifs (C(OH)–C–C–N with tert-alkyl or cyclic N) is 1. The number of fused-ring (bicyclic) bond motifs is 2. The fourth-order valence-electron chi connectivity index (χ4n) is 5.01. The Hall–Kier alpha value is -1.06. The molecule has 1 aromatic carbocycles. The zero-order chi connectivity index (χ0) is 16.7. The summed E-state index contributed by atoms with van der Waals surface area (Å²) in [6.07, 6.45) is 3.39. The molecule has 1 aliphatic heterocycles. The van der Waals surface area contributed by atoms with Crippen LogP contribution in [0.15, 0.2) is 24.3 Å². The van der Waals surface area contributed by atoms with Crippen LogP contribution in [0.2, 0.25) is 0 Å². The fourth-order valence-corrected chi connectivity index (χ4v) is 5.01. The van der Waals surface area contributed by atoms with Crippen molar-refractivity contribution < 1.29 is 9.84 Å². The Morgan fingerprint density at radius 3 is 2.83 bits per heavy atom. The van der Waals surface area contributed by atoms with E-state index < -0.39 is 6.10 Å². The molecule has 3 heteroatoms. The number of aryl methyl sites for hydroxylation is 1. The number of ether oxygens (including phenoxy) is 1. The normalized spacial score (nSPS) is 31.1. The molecule has 3 nitrogen and oxygen atoms in total. The second-order valence-corrected chi connectivity index (χ2v) is 8.92. The van der Waals surface area contributed by atoms with E-state index in [-0.39, 0.29) is 0 Å². The van der Waals surface area contributed by atoms with Crippen LogP contribution in [0.5, 0.6) is 5.75 Å². The van der Waals surface area contributed by atoms with Gasteiger partial charge in [0.25, 0.3) is 0 Å². The van der Waals surface area contributed by atoms with Gasteiger partial charge in [-0.3, -0.25) is 4.90 Å². The molecule has 128 valence electrons. The highest BCUT2D eigenvalue weighted by Gasteiger charge is 2.49. The van der Waals surface area contributed by atoms with Gasteiger partial charge in [-0.15, -0.1) is 0 Å². The van der Waals surface area contributed by atoms with Gasteiger partial charge in [0.05, 0.1) is 0 Å². The highest BCUT2D eigenvalue weighted by molar-refractivity contribution is 5.27. The topological polar surface area (TPSA) is 32.7 Å². The van der Waals surface area contributed by atoms with E-state index in [4.69, 9.17) is 4.74 Å². The summed E-state index contributed by atoms with van der Waals surface area (Å²) in [5, 5.41) is 10.4. The molecular weight excluding hydrogens is 286 g/mol. The summed E-state index contributed by atoms with van der Waals surface area (Å²) in [6.45, 7) is 11.4. The predicted molar refractivity (Wildman–Crippen MR) is 93.8 cm³/mol. The van der Waals surface area contributed by atoms with Crippen molar-refractivity contribution in [2.75, 3.05) is 19.7 Å². The first-order valence-electron chi connectivity index (χ1n) is 8.86. The van der Waals surface area contributed by atoms with Crippen LogP contribution in [0.1, 0.15) is 45.6 Å². The molecule has 3 rings (SSSR count). The van der Waals surface area contributed by atoms with E-state index in [0.29, 0.717) is 23.5 Å². The van der Waals surface area contributed by atoms with Crippen molar-refractivity contribution in [2.45, 2.75) is 59.1 Å². The van der Waals surface area contributed by atoms with Crippen LogP contribution >= 0.6 is 0 Å². The molecule has 0 amide bonds. The number of aliphatic hydroxyl groups excluding tert-OH is 1. The van der Waals surface area contributed by atoms with Gasteiger partial charge in [0, 0.05) is 19.1 Å². The van der Waals surface area contributed by atoms with E-state index >= 15 is 0 Å². The third kappa shape index (κ3) is 4.07. The maximum atomic E-state index is 10.4. The standard InChI is InChI=1S/C20H31NO2/c1-15-6-5-7-18(8-15)23-12-17(22)11-21-14-20(4)10-16(21)9-19(2,3)13-20/h5-8,16-17,22H,9-14H2,1-4H3/t16-,17-,20-/m1/s1. The van der Waals surface area contributed by atoms with Crippen molar-refractivity contribution in [2.24, 2.45) is 10.8 Å². The van der Waals surface area contributed by atoms with Gasteiger partial charge in [-0.25, -0.2) is 0 Å². The van der Waals surface area contributed by atoms with Crippen LogP contribution < -0.4 is 4.74 Å². The number of likely N-dealkylation sites (tertiary alicyclic amines) is 1. The lowest BCUT2D eigenvalue weighted by Crippen LogP contribution is -2.39. The van der Waals surface area contributed by atoms with Crippen molar-refractivity contribution in [3.8, 4) is 5.75 Å². The number of benzene rings is 1. The second kappa shape index (κ2) is 6.10. The fraction of sp³-hybridized carbons (Fsp3) is 0.700. The minimum absolute atomic E-state index is 0.368. The lowest BCUT2D eigenvalue weighted by molar-refractivity contribution is 0.0584. The first kappa shape index (κ1) is 16.8. The molecule has 1 saturated carbocycles. The number of hydrogen-bond acceptors (Lipinski definition) is 3. The first-order chi connectivity index (χ1) is 10.7. The number of hydrogen-bond donors (Lipinski definition) is 1. The summed E-state index contributed by atoms with van der Waals surface area (Å²) in [4.78, 5) is 2.50. The molecule has 1 aliphatic carbocycles. The molecule has 1 N–H and O–H groups in total. The van der Waals surface area contributed by atoms with Gasteiger partial charge in [0.15, 0.2) is 0 Å². The zero-order valence-corrected chi connectivity index (χ0v) is 15.0. The minimum atomic E-state index is -0.429. The number of nitrogens with zero attached hydrogens (tertiary/aromatic N) is 1. The Labute approximate surface area is 140 Å². The number of rotatable bonds is 5. The molecule has 2 fully saturated rings. The van der Waals surface area contributed by atoms with Crippen molar-refractivity contribution in [1.29, 1.82) is 0 Å². The Kier molecular flexibility index (Phi) is 4.45. The highest BCUT2D eigenvalue weighted by Crippen LogP contribution is 2.52. The zero-order valence-electron chi connectivity index (χ0n) is 15.0. The largest absolute Gasteiger partial charge is 0.491 e. The molecule has 0 radical (unpaired) electrons. The van der Waals surface area contributed by atoms with Crippen molar-refractivity contribution in [3.63, 3.8) is 0 Å². The Morgan fingerprint density at radius 2 is 2.09 bits per heavy atom. The molecule has 23 heavy (non-hydrogen) atoms. The average molecular weight is 317 g/mol. The molecular formula is C20H31NO2. The summed E-state index contributed by atoms with van der Waals surface area (Å²) in [6, 6.07) is 8.63. The van der Waals surface area contributed by atoms with Crippen molar-refractivity contribution in [1.82, 2.24) is 4.90 Å². The van der Waals surface area contributed by atoms with Crippen LogP contribution in [0.3, 0.4) is 0 Å². The van der Waals surface area contributed by atoms with Gasteiger partial charge in [-0.1, -0.05) is 32.9 Å². The van der Waals surface area contributed by atoms with Gasteiger partial charge in [0.1, 0.15) is 18.5 Å². The van der Waals surface area contributed by atoms with Gasteiger partial charge in [-0.05, 0) is 54.7 Å². The Balaban J connectivity index is 1.53. The predicted octanol–water partition coefficient (Wildman–Crippen LogP) is 3.64. The van der Waals surface area contributed by atoms with Gasteiger partial charge in [-0.2, -0.15) is 0 Å². The van der Waals surface area contributed by atoms with Gasteiger partial charge in [0.2, 0.25) is 0 Å². The maximum absolute atomic E-state index is 10.4. The van der Waals surface area contributed by atoms with Gasteiger partial charge >= 0.3 is 0 Å². The molecule has 3 atom stereocenters. The first-order valence-corrected chi connectivity index (χ1v) is 8.86. The van der Waals surface area contributed by atoms with Gasteiger partial charge < -0.3 is 9.84 Å². The molecule has 1 saturated heterocycles. The van der Waals surface area contributed by atoms with E-state index in [1.54, 1.807) is 0 Å². The average Bonchev–Trinajstić information content (AvgIpc) is 2.65. The Bertz CT molecular complexity index is 556. The molecule has 0 unspecified atom stereocenters. The van der Waals surface area contributed by atoms with Crippen LogP contribution in [-0.2, 0) is 0 Å². The molecule has 2 aliphatic rings. The SMILES string of the molecule is Cc1cccc(OC[C@H](O)CN2C[C@]3(C)C[C@H]2CC(C)(C)C3)c1. The number of aliphatic hydroxyl groups is 1. The summed E-state index contributed by atoms with van der Waals surface area (Å²) in [5.41, 5.74) is 2.03. The van der Waals surface area contributed by atoms with Crippen LogP contribution in [0.25, 0.3) is 0 Å². The quantitative estimate of drug-likeness (QED) is 0.900. The third-order valence-corrected chi connectivity index (χ3v) is 5.40. The highest BCUT2D eigenvalue weighted by atomic mass is 16.5. The molecule has 1 aromatic rings. The van der Waals surface area contributed by atoms with Crippen molar-refractivity contribution >= 4 is 0 Å². The minimum Gasteiger partial charge on any atom is -0.491 e. The monoisotopic (exact) mass is 317 g/mol. The summed E-state index contributed by atoms with van der Waals surface area (Å²) in [7, 11) is 0. The van der Waals surface area contributed by atoms with E-state index in [1.165, 1.54) is 24.8 Å². The summed E-state index contributed by atoms with van der Waals surface area (Å²) >= 11 is 0. The van der Waals surface area contributed by atoms with Crippen LogP contribution in [0.4, 0.5) is 0 Å². The Morgan fingerprint density at radius 1 is 1.30 bits per heavy atom. The van der Waals surface area contributed by atoms with Crippen LogP contribution in [-0.4, -0.2) is 41.8 Å². The van der Waals surface area contributed by atoms with E-state index in [0.717, 1.165) is 18.8 Å². The van der Waals surface area contributed by atoms with Crippen molar-refractivity contribution in [3.05, 3.63) is 29.8 Å². The van der Waals surface area contributed by atoms with E-state index in [2.05, 4.69) is 38.7 Å². The molecule has 2 bridgehead atoms. The van der Waals surface area contributed by atoms with E-state index in [9.17, 15) is 5.11 Å². The van der Waals surface area contributed by atoms with E-state index in [1.807, 2.05) is 18.2 Å². The summed E-state index contributed by atoms with van der Waals surface area (Å²) in [5.74, 6) is 0.845. The second-order valence-electron chi connectivity index (χ2n) is 8.92. The molecule has 1 heterocycles. The lowest BCUT2D eigenvalue weighted by atomic mass is 9.65. The smallest absolute Gasteiger partial charge is 0.119 e. The van der Waals surface area contributed by atoms with Crippen LogP contribution in [0, 0.1) is 17.8 Å². The lowest BCUT2D eigenvalue weighted by Gasteiger charge is -2.40. The summed E-state index contributed by atoms with van der Waals surface area (Å²) < 4.78 is 5.76. The maximum Gasteiger partial charge on any atom is 0.119 e.